The lowest BCUT2D eigenvalue weighted by molar-refractivity contribution is -0.133. The topological polar surface area (TPSA) is 63.6 Å². The SMILES string of the molecule is CCCSCC(=O)N(CCCNC(=O)OCC[Si](C)(C)C)[C@@H](c1cc(-c2cc(F)ccc2F)cn1Cc1ccccc1)C(C)(C)C. The summed E-state index contributed by atoms with van der Waals surface area (Å²) in [5, 5.41) is 2.84. The van der Waals surface area contributed by atoms with E-state index in [1.165, 1.54) is 6.07 Å². The van der Waals surface area contributed by atoms with Crippen LogP contribution in [0.3, 0.4) is 0 Å². The van der Waals surface area contributed by atoms with Crippen molar-refractivity contribution in [2.24, 2.45) is 5.41 Å². The van der Waals surface area contributed by atoms with Crippen molar-refractivity contribution in [1.29, 1.82) is 0 Å². The molecule has 2 aromatic carbocycles. The highest BCUT2D eigenvalue weighted by atomic mass is 32.2. The van der Waals surface area contributed by atoms with E-state index in [9.17, 15) is 14.0 Å². The van der Waals surface area contributed by atoms with E-state index in [0.717, 1.165) is 41.6 Å². The summed E-state index contributed by atoms with van der Waals surface area (Å²) >= 11 is 1.60. The minimum absolute atomic E-state index is 0.00188. The molecule has 0 saturated heterocycles. The van der Waals surface area contributed by atoms with Gasteiger partial charge in [0.1, 0.15) is 11.6 Å². The summed E-state index contributed by atoms with van der Waals surface area (Å²) in [5.41, 5.74) is 2.19. The van der Waals surface area contributed by atoms with Gasteiger partial charge in [0.05, 0.1) is 18.4 Å². The lowest BCUT2D eigenvalue weighted by Crippen LogP contribution is -2.44. The minimum atomic E-state index is -1.31. The molecular weight excluding hydrogens is 621 g/mol. The van der Waals surface area contributed by atoms with E-state index in [1.54, 1.807) is 11.8 Å². The van der Waals surface area contributed by atoms with Crippen molar-refractivity contribution in [3.05, 3.63) is 83.7 Å². The van der Waals surface area contributed by atoms with Gasteiger partial charge in [-0.1, -0.05) is 77.7 Å². The van der Waals surface area contributed by atoms with Gasteiger partial charge in [0, 0.05) is 50.7 Å². The second kappa shape index (κ2) is 17.2. The van der Waals surface area contributed by atoms with Crippen LogP contribution in [-0.2, 0) is 16.1 Å². The third-order valence-electron chi connectivity index (χ3n) is 7.60. The Morgan fingerprint density at radius 3 is 2.43 bits per heavy atom. The Hall–Kier alpha value is -3.11. The number of carbonyl (C=O) groups is 2. The maximum Gasteiger partial charge on any atom is 0.407 e. The van der Waals surface area contributed by atoms with Gasteiger partial charge in [0.2, 0.25) is 5.91 Å². The fourth-order valence-electron chi connectivity index (χ4n) is 5.34. The summed E-state index contributed by atoms with van der Waals surface area (Å²) < 4.78 is 36.8. The van der Waals surface area contributed by atoms with Gasteiger partial charge in [-0.3, -0.25) is 4.79 Å². The Bertz CT molecular complexity index is 1420. The van der Waals surface area contributed by atoms with Gasteiger partial charge in [-0.05, 0) is 59.9 Å². The number of ether oxygens (including phenoxy) is 1. The van der Waals surface area contributed by atoms with Crippen LogP contribution in [0.4, 0.5) is 13.6 Å². The van der Waals surface area contributed by atoms with Crippen LogP contribution in [-0.4, -0.2) is 60.7 Å². The number of alkyl carbamates (subject to hydrolysis) is 1. The lowest BCUT2D eigenvalue weighted by Gasteiger charge is -2.41. The molecule has 2 amide bonds. The average molecular weight is 672 g/mol. The standard InChI is InChI=1S/C36H51F2N3O3SSi/c1-8-20-45-26-33(42)41(18-12-17-39-35(43)44-19-21-46(5,6)7)34(36(2,3)4)32-22-28(30-23-29(37)15-16-31(30)38)25-40(32)24-27-13-10-9-11-14-27/h9-11,13-16,22-23,25,34H,8,12,17-21,24,26H2,1-7H3,(H,39,43)/t34-/m0/s1. The van der Waals surface area contributed by atoms with Crippen molar-refractivity contribution < 1.29 is 23.1 Å². The number of benzene rings is 2. The summed E-state index contributed by atoms with van der Waals surface area (Å²) in [6.07, 6.45) is 2.91. The number of aromatic nitrogens is 1. The first-order valence-corrected chi connectivity index (χ1v) is 21.0. The quantitative estimate of drug-likeness (QED) is 0.122. The molecule has 0 aliphatic rings. The van der Waals surface area contributed by atoms with Gasteiger partial charge in [-0.15, -0.1) is 0 Å². The summed E-state index contributed by atoms with van der Waals surface area (Å²) in [6, 6.07) is 15.8. The molecule has 3 aromatic rings. The molecule has 6 nitrogen and oxygen atoms in total. The van der Waals surface area contributed by atoms with E-state index >= 15 is 4.39 Å². The molecule has 0 fully saturated rings. The number of hydrogen-bond acceptors (Lipinski definition) is 4. The molecule has 0 spiro atoms. The van der Waals surface area contributed by atoms with Gasteiger partial charge in [0.15, 0.2) is 0 Å². The summed E-state index contributed by atoms with van der Waals surface area (Å²) in [7, 11) is -1.31. The fourth-order valence-corrected chi connectivity index (χ4v) is 6.83. The van der Waals surface area contributed by atoms with Crippen molar-refractivity contribution in [2.75, 3.05) is 31.2 Å². The molecule has 1 heterocycles. The molecule has 1 atom stereocenters. The van der Waals surface area contributed by atoms with Crippen LogP contribution in [0, 0.1) is 17.0 Å². The van der Waals surface area contributed by atoms with Crippen molar-refractivity contribution in [2.45, 2.75) is 78.8 Å². The third-order valence-corrected chi connectivity index (χ3v) is 10.5. The van der Waals surface area contributed by atoms with E-state index in [-0.39, 0.29) is 17.5 Å². The maximum absolute atomic E-state index is 15.0. The molecule has 0 aliphatic carbocycles. The van der Waals surface area contributed by atoms with Gasteiger partial charge in [-0.25, -0.2) is 13.6 Å². The molecule has 0 bridgehead atoms. The number of rotatable bonds is 16. The van der Waals surface area contributed by atoms with Crippen LogP contribution in [0.5, 0.6) is 0 Å². The third kappa shape index (κ3) is 11.6. The van der Waals surface area contributed by atoms with Crippen molar-refractivity contribution >= 4 is 31.8 Å². The van der Waals surface area contributed by atoms with Gasteiger partial charge >= 0.3 is 6.09 Å². The highest BCUT2D eigenvalue weighted by molar-refractivity contribution is 7.99. The first-order chi connectivity index (χ1) is 21.7. The monoisotopic (exact) mass is 671 g/mol. The normalized spacial score (nSPS) is 12.5. The highest BCUT2D eigenvalue weighted by Crippen LogP contribution is 2.41. The molecule has 3 rings (SSSR count). The molecular formula is C36H51F2N3O3SSi. The number of amides is 2. The second-order valence-corrected chi connectivity index (χ2v) is 20.8. The zero-order valence-corrected chi connectivity index (χ0v) is 30.3. The smallest absolute Gasteiger partial charge is 0.407 e. The molecule has 0 unspecified atom stereocenters. The van der Waals surface area contributed by atoms with Crippen LogP contribution < -0.4 is 5.32 Å². The average Bonchev–Trinajstić information content (AvgIpc) is 3.37. The first kappa shape index (κ1) is 37.3. The predicted octanol–water partition coefficient (Wildman–Crippen LogP) is 9.00. The summed E-state index contributed by atoms with van der Waals surface area (Å²) in [5.74, 6) is 0.179. The number of halogens is 2. The van der Waals surface area contributed by atoms with Crippen LogP contribution >= 0.6 is 11.8 Å². The van der Waals surface area contributed by atoms with Gasteiger partial charge < -0.3 is 19.5 Å². The molecule has 10 heteroatoms. The number of nitrogens with one attached hydrogen (secondary N) is 1. The van der Waals surface area contributed by atoms with Crippen molar-refractivity contribution in [3.8, 4) is 11.1 Å². The fraction of sp³-hybridized carbons (Fsp3) is 0.500. The maximum atomic E-state index is 15.0. The Morgan fingerprint density at radius 2 is 1.78 bits per heavy atom. The van der Waals surface area contributed by atoms with Crippen molar-refractivity contribution in [1.82, 2.24) is 14.8 Å². The van der Waals surface area contributed by atoms with Crippen molar-refractivity contribution in [3.63, 3.8) is 0 Å². The van der Waals surface area contributed by atoms with Gasteiger partial charge in [0.25, 0.3) is 0 Å². The molecule has 1 aromatic heterocycles. The van der Waals surface area contributed by atoms with E-state index < -0.39 is 31.2 Å². The second-order valence-electron chi connectivity index (χ2n) is 14.0. The number of nitrogens with zero attached hydrogens (tertiary/aromatic N) is 2. The summed E-state index contributed by atoms with van der Waals surface area (Å²) in [6.45, 7) is 16.7. The zero-order chi connectivity index (χ0) is 33.9. The Morgan fingerprint density at radius 1 is 1.07 bits per heavy atom. The lowest BCUT2D eigenvalue weighted by atomic mass is 9.83. The number of carbonyl (C=O) groups excluding carboxylic acids is 2. The van der Waals surface area contributed by atoms with Crippen LogP contribution in [0.1, 0.15) is 57.8 Å². The Balaban J connectivity index is 1.97. The molecule has 0 aliphatic heterocycles. The predicted molar refractivity (Wildman–Crippen MR) is 189 cm³/mol. The number of thioether (sulfide) groups is 1. The number of hydrogen-bond donors (Lipinski definition) is 1. The summed E-state index contributed by atoms with van der Waals surface area (Å²) in [4.78, 5) is 28.2. The van der Waals surface area contributed by atoms with Crippen LogP contribution in [0.2, 0.25) is 25.7 Å². The molecule has 0 saturated carbocycles. The largest absolute Gasteiger partial charge is 0.450 e. The molecule has 252 valence electrons. The Kier molecular flexibility index (Phi) is 13.9. The minimum Gasteiger partial charge on any atom is -0.450 e. The zero-order valence-electron chi connectivity index (χ0n) is 28.5. The van der Waals surface area contributed by atoms with E-state index in [4.69, 9.17) is 4.74 Å². The molecule has 0 radical (unpaired) electrons. The highest BCUT2D eigenvalue weighted by Gasteiger charge is 2.37. The van der Waals surface area contributed by atoms with E-state index in [1.807, 2.05) is 47.5 Å². The first-order valence-electron chi connectivity index (χ1n) is 16.2. The van der Waals surface area contributed by atoms with Crippen LogP contribution in [0.15, 0.2) is 60.8 Å². The van der Waals surface area contributed by atoms with Crippen LogP contribution in [0.25, 0.3) is 11.1 Å². The van der Waals surface area contributed by atoms with E-state index in [0.29, 0.717) is 44.0 Å². The van der Waals surface area contributed by atoms with Gasteiger partial charge in [-0.2, -0.15) is 11.8 Å². The molecule has 46 heavy (non-hydrogen) atoms. The molecule has 1 N–H and O–H groups in total. The Labute approximate surface area is 279 Å². The van der Waals surface area contributed by atoms with E-state index in [2.05, 4.69) is 57.2 Å².